The summed E-state index contributed by atoms with van der Waals surface area (Å²) in [7, 11) is 0. The van der Waals surface area contributed by atoms with Crippen molar-refractivity contribution in [3.05, 3.63) is 35.8 Å². The Morgan fingerprint density at radius 3 is 2.67 bits per heavy atom. The summed E-state index contributed by atoms with van der Waals surface area (Å²) in [6.07, 6.45) is 9.90. The van der Waals surface area contributed by atoms with Crippen LogP contribution >= 0.6 is 0 Å². The molecule has 3 rings (SSSR count). The molecule has 0 aliphatic carbocycles. The quantitative estimate of drug-likeness (QED) is 0.867. The summed E-state index contributed by atoms with van der Waals surface area (Å²) >= 11 is 0. The van der Waals surface area contributed by atoms with E-state index in [2.05, 4.69) is 10.2 Å². The second-order valence-corrected chi connectivity index (χ2v) is 6.59. The summed E-state index contributed by atoms with van der Waals surface area (Å²) in [6, 6.07) is 3.56. The van der Waals surface area contributed by atoms with Gasteiger partial charge in [-0.1, -0.05) is 5.57 Å². The molecule has 2 bridgehead atoms. The van der Waals surface area contributed by atoms with E-state index in [-0.39, 0.29) is 5.91 Å². The van der Waals surface area contributed by atoms with E-state index in [1.165, 1.54) is 18.4 Å². The number of hydrogen-bond acceptors (Lipinski definition) is 3. The van der Waals surface area contributed by atoms with E-state index in [1.54, 1.807) is 12.3 Å². The van der Waals surface area contributed by atoms with Crippen LogP contribution in [0.15, 0.2) is 34.7 Å². The summed E-state index contributed by atoms with van der Waals surface area (Å²) in [4.78, 5) is 14.5. The molecule has 1 amide bonds. The van der Waals surface area contributed by atoms with Crippen LogP contribution < -0.4 is 5.32 Å². The molecular weight excluding hydrogens is 264 g/mol. The number of rotatable bonds is 4. The maximum absolute atomic E-state index is 11.9. The van der Waals surface area contributed by atoms with E-state index in [4.69, 9.17) is 4.42 Å². The van der Waals surface area contributed by atoms with Crippen LogP contribution in [-0.2, 0) is 11.3 Å². The number of amides is 1. The van der Waals surface area contributed by atoms with Crippen molar-refractivity contribution in [1.82, 2.24) is 10.2 Å². The zero-order valence-electron chi connectivity index (χ0n) is 12.8. The molecule has 2 fully saturated rings. The number of furan rings is 1. The Hall–Kier alpha value is -1.55. The molecule has 4 nitrogen and oxygen atoms in total. The van der Waals surface area contributed by atoms with Crippen molar-refractivity contribution in [3.8, 4) is 0 Å². The molecule has 2 atom stereocenters. The molecule has 2 saturated heterocycles. The van der Waals surface area contributed by atoms with E-state index < -0.39 is 0 Å². The Morgan fingerprint density at radius 2 is 2.10 bits per heavy atom. The van der Waals surface area contributed by atoms with Crippen molar-refractivity contribution >= 4 is 5.91 Å². The van der Waals surface area contributed by atoms with Crippen molar-refractivity contribution in [2.75, 3.05) is 0 Å². The summed E-state index contributed by atoms with van der Waals surface area (Å²) in [5.74, 6) is 0.0580. The minimum atomic E-state index is 0.0580. The molecular formula is C17H24N2O2. The highest BCUT2D eigenvalue weighted by atomic mass is 16.3. The van der Waals surface area contributed by atoms with Crippen molar-refractivity contribution in [1.29, 1.82) is 0 Å². The van der Waals surface area contributed by atoms with Crippen LogP contribution in [0, 0.1) is 0 Å². The second-order valence-electron chi connectivity index (χ2n) is 6.59. The summed E-state index contributed by atoms with van der Waals surface area (Å²) < 4.78 is 5.17. The van der Waals surface area contributed by atoms with Crippen LogP contribution in [0.2, 0.25) is 0 Å². The van der Waals surface area contributed by atoms with Gasteiger partial charge in [0.15, 0.2) is 0 Å². The first-order chi connectivity index (χ1) is 10.1. The monoisotopic (exact) mass is 288 g/mol. The first-order valence-corrected chi connectivity index (χ1v) is 7.84. The standard InChI is InChI=1S/C17H24N2O2/c1-12(2)7-17(20)18-14-8-15-3-4-16(9-14)19(15)10-13-5-6-21-11-13/h5-7,11,14-16H,3-4,8-10H2,1-2H3,(H,18,20). The fraction of sp³-hybridized carbons (Fsp3) is 0.588. The number of piperidine rings is 1. The van der Waals surface area contributed by atoms with Gasteiger partial charge in [0.05, 0.1) is 12.5 Å². The lowest BCUT2D eigenvalue weighted by molar-refractivity contribution is -0.117. The zero-order chi connectivity index (χ0) is 14.8. The Morgan fingerprint density at radius 1 is 1.38 bits per heavy atom. The van der Waals surface area contributed by atoms with Gasteiger partial charge in [0, 0.05) is 36.3 Å². The highest BCUT2D eigenvalue weighted by Gasteiger charge is 2.40. The molecule has 2 aliphatic heterocycles. The third-order valence-electron chi connectivity index (χ3n) is 4.60. The zero-order valence-corrected chi connectivity index (χ0v) is 12.8. The largest absolute Gasteiger partial charge is 0.472 e. The predicted octanol–water partition coefficient (Wildman–Crippen LogP) is 2.86. The molecule has 0 saturated carbocycles. The molecule has 1 N–H and O–H groups in total. The highest BCUT2D eigenvalue weighted by molar-refractivity contribution is 5.88. The van der Waals surface area contributed by atoms with Crippen LogP contribution in [-0.4, -0.2) is 28.9 Å². The summed E-state index contributed by atoms with van der Waals surface area (Å²) in [5.41, 5.74) is 2.30. The minimum absolute atomic E-state index is 0.0580. The van der Waals surface area contributed by atoms with Gasteiger partial charge in [0.2, 0.25) is 5.91 Å². The molecule has 0 spiro atoms. The molecule has 3 heterocycles. The third kappa shape index (κ3) is 3.38. The maximum atomic E-state index is 11.9. The maximum Gasteiger partial charge on any atom is 0.244 e. The number of hydrogen-bond donors (Lipinski definition) is 1. The van der Waals surface area contributed by atoms with Crippen LogP contribution in [0.25, 0.3) is 0 Å². The van der Waals surface area contributed by atoms with E-state index >= 15 is 0 Å². The average molecular weight is 288 g/mol. The van der Waals surface area contributed by atoms with Gasteiger partial charge >= 0.3 is 0 Å². The fourth-order valence-corrected chi connectivity index (χ4v) is 3.75. The van der Waals surface area contributed by atoms with Crippen LogP contribution in [0.3, 0.4) is 0 Å². The Bertz CT molecular complexity index is 503. The summed E-state index contributed by atoms with van der Waals surface area (Å²) in [5, 5.41) is 3.17. The van der Waals surface area contributed by atoms with Gasteiger partial charge in [-0.3, -0.25) is 9.69 Å². The molecule has 1 aromatic rings. The molecule has 1 aromatic heterocycles. The van der Waals surface area contributed by atoms with E-state index in [0.29, 0.717) is 18.1 Å². The molecule has 0 radical (unpaired) electrons. The highest BCUT2D eigenvalue weighted by Crippen LogP contribution is 2.36. The number of nitrogens with one attached hydrogen (secondary N) is 1. The van der Waals surface area contributed by atoms with Crippen LogP contribution in [0.4, 0.5) is 0 Å². The van der Waals surface area contributed by atoms with Gasteiger partial charge in [-0.25, -0.2) is 0 Å². The van der Waals surface area contributed by atoms with Gasteiger partial charge in [0.25, 0.3) is 0 Å². The molecule has 4 heteroatoms. The van der Waals surface area contributed by atoms with Gasteiger partial charge in [-0.15, -0.1) is 0 Å². The number of allylic oxidation sites excluding steroid dienone is 1. The van der Waals surface area contributed by atoms with Crippen molar-refractivity contribution in [2.45, 2.75) is 64.2 Å². The third-order valence-corrected chi connectivity index (χ3v) is 4.60. The fourth-order valence-electron chi connectivity index (χ4n) is 3.75. The van der Waals surface area contributed by atoms with Crippen molar-refractivity contribution < 1.29 is 9.21 Å². The molecule has 2 aliphatic rings. The van der Waals surface area contributed by atoms with Crippen LogP contribution in [0.5, 0.6) is 0 Å². The lowest BCUT2D eigenvalue weighted by atomic mass is 9.96. The van der Waals surface area contributed by atoms with E-state index in [1.807, 2.05) is 26.2 Å². The Kier molecular flexibility index (Phi) is 4.15. The normalized spacial score (nSPS) is 28.4. The second kappa shape index (κ2) is 6.06. The number of fused-ring (bicyclic) bond motifs is 2. The molecule has 2 unspecified atom stereocenters. The topological polar surface area (TPSA) is 45.5 Å². The number of carbonyl (C=O) groups is 1. The number of carbonyl (C=O) groups excluding carboxylic acids is 1. The van der Waals surface area contributed by atoms with Crippen LogP contribution in [0.1, 0.15) is 45.1 Å². The summed E-state index contributed by atoms with van der Waals surface area (Å²) in [6.45, 7) is 4.88. The minimum Gasteiger partial charge on any atom is -0.472 e. The number of nitrogens with zero attached hydrogens (tertiary/aromatic N) is 1. The predicted molar refractivity (Wildman–Crippen MR) is 81.7 cm³/mol. The van der Waals surface area contributed by atoms with Crippen molar-refractivity contribution in [2.24, 2.45) is 0 Å². The molecule has 114 valence electrons. The van der Waals surface area contributed by atoms with Gasteiger partial charge in [-0.2, -0.15) is 0 Å². The van der Waals surface area contributed by atoms with E-state index in [0.717, 1.165) is 25.0 Å². The Balaban J connectivity index is 1.59. The van der Waals surface area contributed by atoms with Gasteiger partial charge in [0.1, 0.15) is 0 Å². The lowest BCUT2D eigenvalue weighted by Gasteiger charge is -2.38. The van der Waals surface area contributed by atoms with Gasteiger partial charge in [-0.05, 0) is 45.6 Å². The van der Waals surface area contributed by atoms with E-state index in [9.17, 15) is 4.79 Å². The Labute approximate surface area is 126 Å². The van der Waals surface area contributed by atoms with Crippen molar-refractivity contribution in [3.63, 3.8) is 0 Å². The smallest absolute Gasteiger partial charge is 0.244 e. The van der Waals surface area contributed by atoms with Gasteiger partial charge < -0.3 is 9.73 Å². The molecule has 21 heavy (non-hydrogen) atoms. The average Bonchev–Trinajstić information content (AvgIpc) is 2.97. The SMILES string of the molecule is CC(C)=CC(=O)NC1CC2CCC(C1)N2Cc1ccoc1. The molecule has 0 aromatic carbocycles. The lowest BCUT2D eigenvalue weighted by Crippen LogP contribution is -2.49. The first kappa shape index (κ1) is 14.4. The first-order valence-electron chi connectivity index (χ1n) is 7.84.